The Hall–Kier alpha value is -3.34. The van der Waals surface area contributed by atoms with Crippen LogP contribution in [0.4, 0.5) is 0 Å². The third-order valence-electron chi connectivity index (χ3n) is 3.79. The number of aromatic amines is 1. The van der Waals surface area contributed by atoms with Crippen molar-refractivity contribution in [1.29, 1.82) is 0 Å². The SMILES string of the molecule is O=C(NCc1ccco1)c1ccc2nc(-c3ccccc3)[nH]c2c1. The average Bonchev–Trinajstić information content (AvgIpc) is 3.29. The Morgan fingerprint density at radius 3 is 2.75 bits per heavy atom. The molecule has 0 saturated carbocycles. The van der Waals surface area contributed by atoms with Crippen LogP contribution in [-0.4, -0.2) is 15.9 Å². The summed E-state index contributed by atoms with van der Waals surface area (Å²) in [4.78, 5) is 20.1. The fourth-order valence-electron chi connectivity index (χ4n) is 2.57. The van der Waals surface area contributed by atoms with Crippen LogP contribution in [0.1, 0.15) is 16.1 Å². The van der Waals surface area contributed by atoms with E-state index in [2.05, 4.69) is 15.3 Å². The molecule has 0 bridgehead atoms. The highest BCUT2D eigenvalue weighted by molar-refractivity contribution is 5.97. The lowest BCUT2D eigenvalue weighted by Gasteiger charge is -2.03. The van der Waals surface area contributed by atoms with E-state index in [1.807, 2.05) is 48.5 Å². The molecular weight excluding hydrogens is 302 g/mol. The van der Waals surface area contributed by atoms with Gasteiger partial charge in [-0.2, -0.15) is 0 Å². The minimum atomic E-state index is -0.149. The predicted molar refractivity (Wildman–Crippen MR) is 91.4 cm³/mol. The van der Waals surface area contributed by atoms with Crippen molar-refractivity contribution in [3.63, 3.8) is 0 Å². The van der Waals surface area contributed by atoms with Crippen molar-refractivity contribution in [1.82, 2.24) is 15.3 Å². The molecule has 1 amide bonds. The molecule has 0 atom stereocenters. The van der Waals surface area contributed by atoms with Crippen LogP contribution in [0.3, 0.4) is 0 Å². The number of carbonyl (C=O) groups excluding carboxylic acids is 1. The lowest BCUT2D eigenvalue weighted by molar-refractivity contribution is 0.0948. The molecule has 5 heteroatoms. The van der Waals surface area contributed by atoms with Crippen molar-refractivity contribution in [3.05, 3.63) is 78.3 Å². The summed E-state index contributed by atoms with van der Waals surface area (Å²) in [5.41, 5.74) is 3.26. The van der Waals surface area contributed by atoms with Crippen molar-refractivity contribution in [2.24, 2.45) is 0 Å². The number of hydrogen-bond donors (Lipinski definition) is 2. The molecule has 118 valence electrons. The van der Waals surface area contributed by atoms with Gasteiger partial charge in [0.1, 0.15) is 11.6 Å². The third-order valence-corrected chi connectivity index (χ3v) is 3.79. The highest BCUT2D eigenvalue weighted by Gasteiger charge is 2.10. The lowest BCUT2D eigenvalue weighted by Crippen LogP contribution is -2.22. The van der Waals surface area contributed by atoms with Crippen LogP contribution < -0.4 is 5.32 Å². The Balaban J connectivity index is 1.57. The van der Waals surface area contributed by atoms with Crippen LogP contribution in [0.5, 0.6) is 0 Å². The minimum Gasteiger partial charge on any atom is -0.467 e. The van der Waals surface area contributed by atoms with E-state index in [1.54, 1.807) is 18.4 Å². The first-order valence-electron chi connectivity index (χ1n) is 7.65. The van der Waals surface area contributed by atoms with Gasteiger partial charge in [0.05, 0.1) is 23.8 Å². The number of hydrogen-bond acceptors (Lipinski definition) is 3. The van der Waals surface area contributed by atoms with Crippen molar-refractivity contribution in [2.45, 2.75) is 6.54 Å². The summed E-state index contributed by atoms with van der Waals surface area (Å²) in [6.07, 6.45) is 1.59. The number of rotatable bonds is 4. The molecule has 4 aromatic rings. The molecule has 0 unspecified atom stereocenters. The number of fused-ring (bicyclic) bond motifs is 1. The Morgan fingerprint density at radius 1 is 1.08 bits per heavy atom. The molecule has 0 spiro atoms. The van der Waals surface area contributed by atoms with E-state index in [9.17, 15) is 4.79 Å². The maximum atomic E-state index is 12.3. The number of nitrogens with one attached hydrogen (secondary N) is 2. The molecule has 0 radical (unpaired) electrons. The van der Waals surface area contributed by atoms with Gasteiger partial charge in [0.15, 0.2) is 0 Å². The van der Waals surface area contributed by atoms with Gasteiger partial charge in [0, 0.05) is 11.1 Å². The zero-order chi connectivity index (χ0) is 16.4. The number of aromatic nitrogens is 2. The van der Waals surface area contributed by atoms with Gasteiger partial charge in [0.25, 0.3) is 5.91 Å². The van der Waals surface area contributed by atoms with E-state index in [4.69, 9.17) is 4.42 Å². The van der Waals surface area contributed by atoms with Crippen molar-refractivity contribution in [3.8, 4) is 11.4 Å². The Labute approximate surface area is 138 Å². The topological polar surface area (TPSA) is 70.9 Å². The molecule has 0 fully saturated rings. The fourth-order valence-corrected chi connectivity index (χ4v) is 2.57. The second kappa shape index (κ2) is 6.04. The van der Waals surface area contributed by atoms with E-state index >= 15 is 0 Å². The number of imidazole rings is 1. The average molecular weight is 317 g/mol. The zero-order valence-electron chi connectivity index (χ0n) is 12.8. The predicted octanol–water partition coefficient (Wildman–Crippen LogP) is 3.75. The van der Waals surface area contributed by atoms with Gasteiger partial charge in [-0.1, -0.05) is 30.3 Å². The Morgan fingerprint density at radius 2 is 1.96 bits per heavy atom. The standard InChI is InChI=1S/C19H15N3O2/c23-19(20-12-15-7-4-10-24-15)14-8-9-16-17(11-14)22-18(21-16)13-5-2-1-3-6-13/h1-11H,12H2,(H,20,23)(H,21,22). The summed E-state index contributed by atoms with van der Waals surface area (Å²) in [5.74, 6) is 1.36. The molecule has 2 aromatic heterocycles. The van der Waals surface area contributed by atoms with E-state index < -0.39 is 0 Å². The lowest BCUT2D eigenvalue weighted by atomic mass is 10.2. The minimum absolute atomic E-state index is 0.149. The molecule has 4 rings (SSSR count). The van der Waals surface area contributed by atoms with Gasteiger partial charge in [-0.3, -0.25) is 4.79 Å². The zero-order valence-corrected chi connectivity index (χ0v) is 12.8. The monoisotopic (exact) mass is 317 g/mol. The summed E-state index contributed by atoms with van der Waals surface area (Å²) in [5, 5.41) is 2.84. The highest BCUT2D eigenvalue weighted by Crippen LogP contribution is 2.21. The van der Waals surface area contributed by atoms with Gasteiger partial charge >= 0.3 is 0 Å². The van der Waals surface area contributed by atoms with Gasteiger partial charge in [-0.15, -0.1) is 0 Å². The number of amides is 1. The first-order valence-corrected chi connectivity index (χ1v) is 7.65. The molecule has 2 N–H and O–H groups in total. The van der Waals surface area contributed by atoms with Gasteiger partial charge in [-0.25, -0.2) is 4.98 Å². The van der Waals surface area contributed by atoms with Crippen molar-refractivity contribution >= 4 is 16.9 Å². The maximum Gasteiger partial charge on any atom is 0.251 e. The van der Waals surface area contributed by atoms with Crippen LogP contribution in [0.15, 0.2) is 71.3 Å². The van der Waals surface area contributed by atoms with Crippen molar-refractivity contribution < 1.29 is 9.21 Å². The molecule has 0 aliphatic carbocycles. The smallest absolute Gasteiger partial charge is 0.251 e. The number of furan rings is 1. The quantitative estimate of drug-likeness (QED) is 0.602. The molecular formula is C19H15N3O2. The fraction of sp³-hybridized carbons (Fsp3) is 0.0526. The first kappa shape index (κ1) is 14.3. The Bertz CT molecular complexity index is 972. The molecule has 2 aromatic carbocycles. The van der Waals surface area contributed by atoms with E-state index in [1.165, 1.54) is 0 Å². The molecule has 24 heavy (non-hydrogen) atoms. The highest BCUT2D eigenvalue weighted by atomic mass is 16.3. The number of H-pyrrole nitrogens is 1. The van der Waals surface area contributed by atoms with E-state index in [0.29, 0.717) is 12.1 Å². The maximum absolute atomic E-state index is 12.3. The van der Waals surface area contributed by atoms with E-state index in [0.717, 1.165) is 28.2 Å². The van der Waals surface area contributed by atoms with Crippen LogP contribution >= 0.6 is 0 Å². The van der Waals surface area contributed by atoms with Gasteiger partial charge in [-0.05, 0) is 30.3 Å². The van der Waals surface area contributed by atoms with Crippen LogP contribution in [0, 0.1) is 0 Å². The summed E-state index contributed by atoms with van der Waals surface area (Å²) in [6.45, 7) is 0.363. The van der Waals surface area contributed by atoms with Crippen molar-refractivity contribution in [2.75, 3.05) is 0 Å². The number of carbonyl (C=O) groups is 1. The second-order valence-electron chi connectivity index (χ2n) is 5.45. The van der Waals surface area contributed by atoms with Gasteiger partial charge < -0.3 is 14.7 Å². The van der Waals surface area contributed by atoms with Crippen LogP contribution in [0.25, 0.3) is 22.4 Å². The largest absolute Gasteiger partial charge is 0.467 e. The van der Waals surface area contributed by atoms with Gasteiger partial charge in [0.2, 0.25) is 0 Å². The molecule has 0 aliphatic heterocycles. The molecule has 0 aliphatic rings. The normalized spacial score (nSPS) is 10.8. The summed E-state index contributed by atoms with van der Waals surface area (Å²) >= 11 is 0. The third kappa shape index (κ3) is 2.79. The van der Waals surface area contributed by atoms with E-state index in [-0.39, 0.29) is 5.91 Å². The first-order chi connectivity index (χ1) is 11.8. The number of benzene rings is 2. The van der Waals surface area contributed by atoms with Crippen LogP contribution in [-0.2, 0) is 6.54 Å². The number of nitrogens with zero attached hydrogens (tertiary/aromatic N) is 1. The Kier molecular flexibility index (Phi) is 3.59. The molecule has 2 heterocycles. The summed E-state index contributed by atoms with van der Waals surface area (Å²) in [6, 6.07) is 18.9. The second-order valence-corrected chi connectivity index (χ2v) is 5.45. The summed E-state index contributed by atoms with van der Waals surface area (Å²) in [7, 11) is 0. The molecule has 5 nitrogen and oxygen atoms in total. The molecule has 0 saturated heterocycles. The van der Waals surface area contributed by atoms with Crippen LogP contribution in [0.2, 0.25) is 0 Å². The summed E-state index contributed by atoms with van der Waals surface area (Å²) < 4.78 is 5.21.